The Hall–Kier alpha value is -2.97. The van der Waals surface area contributed by atoms with E-state index in [0.29, 0.717) is 31.1 Å². The first-order chi connectivity index (χ1) is 13.5. The van der Waals surface area contributed by atoms with Crippen LogP contribution in [0.2, 0.25) is 0 Å². The molecule has 0 bridgehead atoms. The quantitative estimate of drug-likeness (QED) is 0.824. The van der Waals surface area contributed by atoms with Gasteiger partial charge in [-0.05, 0) is 42.0 Å². The van der Waals surface area contributed by atoms with Gasteiger partial charge < -0.3 is 14.8 Å². The fourth-order valence-corrected chi connectivity index (χ4v) is 2.93. The lowest BCUT2D eigenvalue weighted by atomic mass is 10.1. The van der Waals surface area contributed by atoms with Gasteiger partial charge in [0.1, 0.15) is 11.6 Å². The van der Waals surface area contributed by atoms with Crippen molar-refractivity contribution in [1.82, 2.24) is 10.2 Å². The van der Waals surface area contributed by atoms with Gasteiger partial charge in [0, 0.05) is 18.8 Å². The summed E-state index contributed by atoms with van der Waals surface area (Å²) in [7, 11) is 1.56. The number of benzene rings is 2. The first-order valence-electron chi connectivity index (χ1n) is 8.88. The van der Waals surface area contributed by atoms with Gasteiger partial charge in [-0.25, -0.2) is 9.18 Å². The maximum absolute atomic E-state index is 13.1. The third kappa shape index (κ3) is 5.51. The van der Waals surface area contributed by atoms with Crippen LogP contribution in [0, 0.1) is 5.82 Å². The van der Waals surface area contributed by atoms with Crippen LogP contribution in [-0.4, -0.2) is 50.2 Å². The number of carbonyl (C=O) groups excluding carboxylic acids is 2. The molecular formula is C20H22FN3O4. The number of hydrogen-bond donors (Lipinski definition) is 2. The van der Waals surface area contributed by atoms with Crippen molar-refractivity contribution in [3.63, 3.8) is 0 Å². The van der Waals surface area contributed by atoms with Gasteiger partial charge in [-0.15, -0.1) is 0 Å². The van der Waals surface area contributed by atoms with Crippen molar-refractivity contribution in [2.24, 2.45) is 0 Å². The van der Waals surface area contributed by atoms with Crippen LogP contribution in [-0.2, 0) is 9.53 Å². The van der Waals surface area contributed by atoms with E-state index in [1.165, 1.54) is 12.1 Å². The first-order valence-corrected chi connectivity index (χ1v) is 8.88. The molecule has 1 aliphatic heterocycles. The van der Waals surface area contributed by atoms with Gasteiger partial charge in [-0.2, -0.15) is 0 Å². The maximum Gasteiger partial charge on any atom is 0.325 e. The van der Waals surface area contributed by atoms with E-state index in [1.54, 1.807) is 43.5 Å². The third-order valence-corrected chi connectivity index (χ3v) is 4.36. The highest BCUT2D eigenvalue weighted by Crippen LogP contribution is 2.22. The molecule has 1 saturated heterocycles. The lowest BCUT2D eigenvalue weighted by molar-refractivity contribution is -0.123. The molecule has 0 saturated carbocycles. The molecule has 0 aromatic heterocycles. The van der Waals surface area contributed by atoms with Crippen molar-refractivity contribution in [2.75, 3.05) is 38.7 Å². The van der Waals surface area contributed by atoms with Crippen LogP contribution in [0.3, 0.4) is 0 Å². The Morgan fingerprint density at radius 2 is 1.89 bits per heavy atom. The van der Waals surface area contributed by atoms with Gasteiger partial charge in [0.15, 0.2) is 0 Å². The van der Waals surface area contributed by atoms with Crippen LogP contribution in [0.5, 0.6) is 5.75 Å². The number of anilines is 1. The standard InChI is InChI=1S/C20H22FN3O4/c1-27-17-8-6-16(7-9-17)22-20(26)23-19(25)13-24-10-11-28-18(12-24)14-2-4-15(21)5-3-14/h2-9,18H,10-13H2,1H3,(H2,22,23,25,26). The molecule has 0 aliphatic carbocycles. The Morgan fingerprint density at radius 1 is 1.18 bits per heavy atom. The number of carbonyl (C=O) groups is 2. The van der Waals surface area contributed by atoms with Crippen LogP contribution in [0.1, 0.15) is 11.7 Å². The molecule has 1 unspecified atom stereocenters. The predicted molar refractivity (Wildman–Crippen MR) is 102 cm³/mol. The third-order valence-electron chi connectivity index (χ3n) is 4.36. The number of urea groups is 1. The number of imide groups is 1. The molecule has 2 N–H and O–H groups in total. The van der Waals surface area contributed by atoms with Gasteiger partial charge in [0.25, 0.3) is 0 Å². The summed E-state index contributed by atoms with van der Waals surface area (Å²) < 4.78 is 23.8. The molecular weight excluding hydrogens is 365 g/mol. The van der Waals surface area contributed by atoms with Crippen molar-refractivity contribution in [2.45, 2.75) is 6.10 Å². The SMILES string of the molecule is COc1ccc(NC(=O)NC(=O)CN2CCOC(c3ccc(F)cc3)C2)cc1. The van der Waals surface area contributed by atoms with Crippen molar-refractivity contribution < 1.29 is 23.5 Å². The average Bonchev–Trinajstić information content (AvgIpc) is 2.69. The highest BCUT2D eigenvalue weighted by atomic mass is 19.1. The fraction of sp³-hybridized carbons (Fsp3) is 0.300. The van der Waals surface area contributed by atoms with E-state index in [-0.39, 0.29) is 18.5 Å². The molecule has 2 aromatic carbocycles. The molecule has 1 fully saturated rings. The number of nitrogens with one attached hydrogen (secondary N) is 2. The molecule has 3 rings (SSSR count). The summed E-state index contributed by atoms with van der Waals surface area (Å²) in [4.78, 5) is 26.1. The van der Waals surface area contributed by atoms with E-state index in [9.17, 15) is 14.0 Å². The summed E-state index contributed by atoms with van der Waals surface area (Å²) >= 11 is 0. The lowest BCUT2D eigenvalue weighted by Crippen LogP contribution is -2.46. The molecule has 1 heterocycles. The zero-order valence-corrected chi connectivity index (χ0v) is 15.5. The fourth-order valence-electron chi connectivity index (χ4n) is 2.93. The van der Waals surface area contributed by atoms with E-state index in [0.717, 1.165) is 5.56 Å². The molecule has 148 valence electrons. The molecule has 1 aliphatic rings. The summed E-state index contributed by atoms with van der Waals surface area (Å²) in [5, 5.41) is 4.91. The zero-order valence-electron chi connectivity index (χ0n) is 15.5. The lowest BCUT2D eigenvalue weighted by Gasteiger charge is -2.32. The number of amides is 3. The second kappa shape index (κ2) is 9.29. The smallest absolute Gasteiger partial charge is 0.325 e. The number of morpholine rings is 1. The summed E-state index contributed by atoms with van der Waals surface area (Å²) in [6.07, 6.45) is -0.240. The Morgan fingerprint density at radius 3 is 2.57 bits per heavy atom. The van der Waals surface area contributed by atoms with Gasteiger partial charge in [0.05, 0.1) is 26.4 Å². The van der Waals surface area contributed by atoms with E-state index in [1.807, 2.05) is 4.90 Å². The first kappa shape index (κ1) is 19.8. The Balaban J connectivity index is 1.48. The summed E-state index contributed by atoms with van der Waals surface area (Å²) in [5.74, 6) is -0.0468. The molecule has 7 nitrogen and oxygen atoms in total. The summed E-state index contributed by atoms with van der Waals surface area (Å²) in [5.41, 5.74) is 1.40. The minimum atomic E-state index is -0.599. The number of methoxy groups -OCH3 is 1. The largest absolute Gasteiger partial charge is 0.497 e. The van der Waals surface area contributed by atoms with Gasteiger partial charge in [-0.1, -0.05) is 12.1 Å². The predicted octanol–water partition coefficient (Wildman–Crippen LogP) is 2.56. The normalized spacial score (nSPS) is 17.0. The van der Waals surface area contributed by atoms with E-state index in [2.05, 4.69) is 10.6 Å². The van der Waals surface area contributed by atoms with Crippen molar-refractivity contribution in [3.8, 4) is 5.75 Å². The van der Waals surface area contributed by atoms with Crippen molar-refractivity contribution >= 4 is 17.6 Å². The highest BCUT2D eigenvalue weighted by Gasteiger charge is 2.24. The van der Waals surface area contributed by atoms with Gasteiger partial charge in [0.2, 0.25) is 5.91 Å². The van der Waals surface area contributed by atoms with Crippen LogP contribution in [0.15, 0.2) is 48.5 Å². The van der Waals surface area contributed by atoms with Crippen LogP contribution in [0.25, 0.3) is 0 Å². The minimum Gasteiger partial charge on any atom is -0.497 e. The van der Waals surface area contributed by atoms with E-state index >= 15 is 0 Å². The molecule has 2 aromatic rings. The second-order valence-corrected chi connectivity index (χ2v) is 6.38. The number of halogens is 1. The number of ether oxygens (including phenoxy) is 2. The van der Waals surface area contributed by atoms with Gasteiger partial charge in [-0.3, -0.25) is 15.0 Å². The van der Waals surface area contributed by atoms with Gasteiger partial charge >= 0.3 is 6.03 Å². The molecule has 3 amide bonds. The van der Waals surface area contributed by atoms with Crippen molar-refractivity contribution in [1.29, 1.82) is 0 Å². The minimum absolute atomic E-state index is 0.0666. The Bertz CT molecular complexity index is 811. The van der Waals surface area contributed by atoms with Crippen molar-refractivity contribution in [3.05, 3.63) is 59.9 Å². The summed E-state index contributed by atoms with van der Waals surface area (Å²) in [6, 6.07) is 12.3. The Kier molecular flexibility index (Phi) is 6.57. The molecule has 0 spiro atoms. The zero-order chi connectivity index (χ0) is 19.9. The highest BCUT2D eigenvalue weighted by molar-refractivity contribution is 6.01. The molecule has 1 atom stereocenters. The molecule has 8 heteroatoms. The monoisotopic (exact) mass is 387 g/mol. The number of nitrogens with zero attached hydrogens (tertiary/aromatic N) is 1. The topological polar surface area (TPSA) is 79.9 Å². The van der Waals surface area contributed by atoms with Crippen LogP contribution >= 0.6 is 0 Å². The van der Waals surface area contributed by atoms with E-state index < -0.39 is 11.9 Å². The number of hydrogen-bond acceptors (Lipinski definition) is 5. The second-order valence-electron chi connectivity index (χ2n) is 6.38. The summed E-state index contributed by atoms with van der Waals surface area (Å²) in [6.45, 7) is 1.58. The molecule has 0 radical (unpaired) electrons. The van der Waals surface area contributed by atoms with Crippen LogP contribution in [0.4, 0.5) is 14.9 Å². The average molecular weight is 387 g/mol. The maximum atomic E-state index is 13.1. The Labute approximate surface area is 162 Å². The van der Waals surface area contributed by atoms with Crippen LogP contribution < -0.4 is 15.4 Å². The number of rotatable bonds is 5. The van der Waals surface area contributed by atoms with E-state index in [4.69, 9.17) is 9.47 Å². The molecule has 28 heavy (non-hydrogen) atoms.